The number of nitrogen functional groups attached to an aromatic ring is 1. The maximum Gasteiger partial charge on any atom is 0.263 e. The number of nitrogens with one attached hydrogen (secondary N) is 1. The maximum atomic E-state index is 12.6. The summed E-state index contributed by atoms with van der Waals surface area (Å²) in [6.07, 6.45) is 5.61. The van der Waals surface area contributed by atoms with Crippen LogP contribution >= 0.6 is 0 Å². The number of hydrogen-bond donors (Lipinski definition) is 2. The molecule has 0 aliphatic heterocycles. The molecule has 1 aliphatic rings. The van der Waals surface area contributed by atoms with E-state index in [0.717, 1.165) is 25.7 Å². The van der Waals surface area contributed by atoms with E-state index in [1.807, 2.05) is 24.3 Å². The van der Waals surface area contributed by atoms with E-state index in [9.17, 15) is 4.79 Å². The second-order valence-electron chi connectivity index (χ2n) is 5.06. The van der Waals surface area contributed by atoms with Gasteiger partial charge in [0.1, 0.15) is 0 Å². The Bertz CT molecular complexity index is 643. The van der Waals surface area contributed by atoms with Gasteiger partial charge in [0.15, 0.2) is 0 Å². The molecule has 5 nitrogen and oxygen atoms in total. The van der Waals surface area contributed by atoms with Crippen LogP contribution in [-0.2, 0) is 0 Å². The van der Waals surface area contributed by atoms with Gasteiger partial charge in [0.05, 0.1) is 10.9 Å². The SMILES string of the molecule is NNc1nc2ccccc2c(=O)n1C1CCCCC1. The number of fused-ring (bicyclic) bond motifs is 1. The molecule has 0 atom stereocenters. The molecule has 0 bridgehead atoms. The molecule has 0 radical (unpaired) electrons. The van der Waals surface area contributed by atoms with Crippen molar-refractivity contribution in [3.8, 4) is 0 Å². The van der Waals surface area contributed by atoms with Gasteiger partial charge in [0.25, 0.3) is 5.56 Å². The monoisotopic (exact) mass is 258 g/mol. The fourth-order valence-electron chi connectivity index (χ4n) is 2.93. The van der Waals surface area contributed by atoms with Crippen LogP contribution in [0.5, 0.6) is 0 Å². The summed E-state index contributed by atoms with van der Waals surface area (Å²) in [5.41, 5.74) is 3.27. The van der Waals surface area contributed by atoms with E-state index >= 15 is 0 Å². The van der Waals surface area contributed by atoms with Gasteiger partial charge in [-0.15, -0.1) is 0 Å². The molecule has 1 fully saturated rings. The Labute approximate surface area is 111 Å². The summed E-state index contributed by atoms with van der Waals surface area (Å²) in [6, 6.07) is 7.61. The number of benzene rings is 1. The molecule has 1 aromatic carbocycles. The molecule has 1 heterocycles. The average molecular weight is 258 g/mol. The zero-order valence-electron chi connectivity index (χ0n) is 10.8. The number of nitrogens with zero attached hydrogens (tertiary/aromatic N) is 2. The molecular formula is C14H18N4O. The Morgan fingerprint density at radius 3 is 2.68 bits per heavy atom. The van der Waals surface area contributed by atoms with E-state index in [2.05, 4.69) is 10.4 Å². The smallest absolute Gasteiger partial charge is 0.263 e. The van der Waals surface area contributed by atoms with Crippen LogP contribution < -0.4 is 16.8 Å². The number of rotatable bonds is 2. The maximum absolute atomic E-state index is 12.6. The normalized spacial score (nSPS) is 16.7. The van der Waals surface area contributed by atoms with E-state index in [-0.39, 0.29) is 11.6 Å². The van der Waals surface area contributed by atoms with Gasteiger partial charge in [0.2, 0.25) is 5.95 Å². The molecule has 3 N–H and O–H groups in total. The van der Waals surface area contributed by atoms with Gasteiger partial charge in [-0.2, -0.15) is 0 Å². The van der Waals surface area contributed by atoms with E-state index in [0.29, 0.717) is 16.9 Å². The minimum atomic E-state index is 0.00505. The van der Waals surface area contributed by atoms with E-state index in [1.165, 1.54) is 6.42 Å². The van der Waals surface area contributed by atoms with Crippen molar-refractivity contribution in [3.05, 3.63) is 34.6 Å². The topological polar surface area (TPSA) is 72.9 Å². The van der Waals surface area contributed by atoms with Crippen molar-refractivity contribution in [2.24, 2.45) is 5.84 Å². The zero-order valence-corrected chi connectivity index (χ0v) is 10.8. The lowest BCUT2D eigenvalue weighted by Gasteiger charge is -2.25. The van der Waals surface area contributed by atoms with E-state index in [1.54, 1.807) is 4.57 Å². The summed E-state index contributed by atoms with van der Waals surface area (Å²) in [7, 11) is 0. The molecule has 0 spiro atoms. The van der Waals surface area contributed by atoms with E-state index < -0.39 is 0 Å². The van der Waals surface area contributed by atoms with Gasteiger partial charge in [-0.3, -0.25) is 14.8 Å². The summed E-state index contributed by atoms with van der Waals surface area (Å²) < 4.78 is 1.74. The van der Waals surface area contributed by atoms with Gasteiger partial charge in [0, 0.05) is 6.04 Å². The molecule has 1 aliphatic carbocycles. The molecule has 0 unspecified atom stereocenters. The third kappa shape index (κ3) is 2.10. The summed E-state index contributed by atoms with van der Waals surface area (Å²) >= 11 is 0. The number of para-hydroxylation sites is 1. The quantitative estimate of drug-likeness (QED) is 0.639. The van der Waals surface area contributed by atoms with E-state index in [4.69, 9.17) is 5.84 Å². The molecule has 1 saturated carbocycles. The molecule has 3 rings (SSSR count). The van der Waals surface area contributed by atoms with Crippen molar-refractivity contribution < 1.29 is 0 Å². The summed E-state index contributed by atoms with van der Waals surface area (Å²) in [5.74, 6) is 6.01. The van der Waals surface area contributed by atoms with Crippen molar-refractivity contribution in [1.82, 2.24) is 9.55 Å². The van der Waals surface area contributed by atoms with Crippen LogP contribution in [0.4, 0.5) is 5.95 Å². The zero-order chi connectivity index (χ0) is 13.2. The Morgan fingerprint density at radius 2 is 1.95 bits per heavy atom. The van der Waals surface area contributed by atoms with Crippen molar-refractivity contribution in [2.45, 2.75) is 38.1 Å². The molecule has 0 amide bonds. The molecule has 5 heteroatoms. The predicted octanol–water partition coefficient (Wildman–Crippen LogP) is 2.19. The Hall–Kier alpha value is -1.88. The minimum absolute atomic E-state index is 0.00505. The van der Waals surface area contributed by atoms with Gasteiger partial charge < -0.3 is 0 Å². The van der Waals surface area contributed by atoms with Crippen molar-refractivity contribution in [2.75, 3.05) is 5.43 Å². The molecule has 1 aromatic heterocycles. The van der Waals surface area contributed by atoms with Crippen LogP contribution in [0.25, 0.3) is 10.9 Å². The lowest BCUT2D eigenvalue weighted by Crippen LogP contribution is -2.31. The molecular weight excluding hydrogens is 240 g/mol. The average Bonchev–Trinajstić information content (AvgIpc) is 2.48. The Kier molecular flexibility index (Phi) is 3.21. The number of anilines is 1. The summed E-state index contributed by atoms with van der Waals surface area (Å²) in [5, 5.41) is 0.659. The van der Waals surface area contributed by atoms with Crippen LogP contribution in [0.3, 0.4) is 0 Å². The fraction of sp³-hybridized carbons (Fsp3) is 0.429. The lowest BCUT2D eigenvalue weighted by atomic mass is 9.95. The molecule has 0 saturated heterocycles. The number of hydrazine groups is 1. The third-order valence-corrected chi connectivity index (χ3v) is 3.88. The first-order chi connectivity index (χ1) is 9.31. The molecule has 100 valence electrons. The Morgan fingerprint density at radius 1 is 1.21 bits per heavy atom. The number of nitrogens with two attached hydrogens (primary N) is 1. The second kappa shape index (κ2) is 5.01. The Balaban J connectivity index is 2.21. The van der Waals surface area contributed by atoms with Crippen LogP contribution in [0.1, 0.15) is 38.1 Å². The summed E-state index contributed by atoms with van der Waals surface area (Å²) in [4.78, 5) is 17.1. The van der Waals surface area contributed by atoms with Gasteiger partial charge in [-0.1, -0.05) is 31.4 Å². The highest BCUT2D eigenvalue weighted by Crippen LogP contribution is 2.29. The largest absolute Gasteiger partial charge is 0.294 e. The first-order valence-corrected chi connectivity index (χ1v) is 6.79. The number of hydrogen-bond acceptors (Lipinski definition) is 4. The van der Waals surface area contributed by atoms with Gasteiger partial charge in [-0.25, -0.2) is 10.8 Å². The minimum Gasteiger partial charge on any atom is -0.294 e. The predicted molar refractivity (Wildman–Crippen MR) is 75.9 cm³/mol. The first kappa shape index (κ1) is 12.2. The van der Waals surface area contributed by atoms with Gasteiger partial charge >= 0.3 is 0 Å². The molecule has 19 heavy (non-hydrogen) atoms. The first-order valence-electron chi connectivity index (χ1n) is 6.79. The van der Waals surface area contributed by atoms with Crippen molar-refractivity contribution in [1.29, 1.82) is 0 Å². The lowest BCUT2D eigenvalue weighted by molar-refractivity contribution is 0.348. The highest BCUT2D eigenvalue weighted by Gasteiger charge is 2.20. The van der Waals surface area contributed by atoms with Crippen LogP contribution in [0.15, 0.2) is 29.1 Å². The van der Waals surface area contributed by atoms with Crippen LogP contribution in [0.2, 0.25) is 0 Å². The van der Waals surface area contributed by atoms with Crippen LogP contribution in [0, 0.1) is 0 Å². The molecule has 2 aromatic rings. The highest BCUT2D eigenvalue weighted by atomic mass is 16.1. The fourth-order valence-corrected chi connectivity index (χ4v) is 2.93. The summed E-state index contributed by atoms with van der Waals surface area (Å²) in [6.45, 7) is 0. The van der Waals surface area contributed by atoms with Crippen molar-refractivity contribution >= 4 is 16.9 Å². The third-order valence-electron chi connectivity index (χ3n) is 3.88. The van der Waals surface area contributed by atoms with Crippen molar-refractivity contribution in [3.63, 3.8) is 0 Å². The van der Waals surface area contributed by atoms with Gasteiger partial charge in [-0.05, 0) is 25.0 Å². The standard InChI is InChI=1S/C14H18N4O/c15-17-14-16-12-9-5-4-8-11(12)13(19)18(14)10-6-2-1-3-7-10/h4-5,8-10H,1-3,6-7,15H2,(H,16,17). The second-order valence-corrected chi connectivity index (χ2v) is 5.06. The van der Waals surface area contributed by atoms with Crippen LogP contribution in [-0.4, -0.2) is 9.55 Å². The highest BCUT2D eigenvalue weighted by molar-refractivity contribution is 5.78. The number of aromatic nitrogens is 2.